The Hall–Kier alpha value is -1.23. The number of aromatic nitrogens is 1. The summed E-state index contributed by atoms with van der Waals surface area (Å²) in [6.07, 6.45) is 1.58. The van der Waals surface area contributed by atoms with Crippen LogP contribution in [0.3, 0.4) is 0 Å². The van der Waals surface area contributed by atoms with E-state index >= 15 is 0 Å². The summed E-state index contributed by atoms with van der Waals surface area (Å²) in [6, 6.07) is -0.821. The number of hydrogen-bond acceptors (Lipinski definition) is 4. The van der Waals surface area contributed by atoms with Crippen molar-refractivity contribution in [1.29, 1.82) is 5.41 Å². The summed E-state index contributed by atoms with van der Waals surface area (Å²) in [5.74, 6) is -0.464. The molecule has 0 spiro atoms. The molecule has 0 aromatic carbocycles. The Morgan fingerprint density at radius 2 is 2.00 bits per heavy atom. The van der Waals surface area contributed by atoms with Crippen LogP contribution in [0.2, 0.25) is 0 Å². The fourth-order valence-electron chi connectivity index (χ4n) is 1.17. The van der Waals surface area contributed by atoms with E-state index < -0.39 is 6.04 Å². The van der Waals surface area contributed by atoms with Gasteiger partial charge in [-0.3, -0.25) is 15.0 Å². The third kappa shape index (κ3) is 1.92. The predicted molar refractivity (Wildman–Crippen MR) is 48.6 cm³/mol. The minimum Gasteiger partial charge on any atom is -0.306 e. The zero-order valence-corrected chi connectivity index (χ0v) is 8.22. The molecule has 13 heavy (non-hydrogen) atoms. The molecule has 0 amide bonds. The molecule has 0 bridgehead atoms. The van der Waals surface area contributed by atoms with Crippen LogP contribution in [0.15, 0.2) is 11.6 Å². The quantitative estimate of drug-likeness (QED) is 0.728. The van der Waals surface area contributed by atoms with Gasteiger partial charge in [0.05, 0.1) is 0 Å². The molecule has 1 heterocycles. The van der Waals surface area contributed by atoms with Gasteiger partial charge in [0.25, 0.3) is 0 Å². The monoisotopic (exact) mass is 198 g/mol. The molecular formula is C8H10N2O2S. The summed E-state index contributed by atoms with van der Waals surface area (Å²) in [7, 11) is 0. The van der Waals surface area contributed by atoms with Crippen LogP contribution in [0, 0.1) is 5.41 Å². The summed E-state index contributed by atoms with van der Waals surface area (Å²) in [4.78, 5) is 22.4. The third-order valence-electron chi connectivity index (χ3n) is 1.68. The number of carbonyl (C=O) groups excluding carboxylic acids is 2. The highest BCUT2D eigenvalue weighted by molar-refractivity contribution is 7.06. The molecule has 0 atom stereocenters. The van der Waals surface area contributed by atoms with Crippen LogP contribution in [-0.2, 0) is 9.59 Å². The van der Waals surface area contributed by atoms with Crippen molar-refractivity contribution in [1.82, 2.24) is 4.57 Å². The van der Waals surface area contributed by atoms with Gasteiger partial charge in [-0.1, -0.05) is 0 Å². The number of rotatable bonds is 3. The number of Topliss-reactive ketones (excluding diaryl/α,β-unsaturated/α-hetero) is 2. The maximum atomic E-state index is 11.1. The minimum atomic E-state index is -0.821. The molecule has 0 fully saturated rings. The lowest BCUT2D eigenvalue weighted by atomic mass is 10.1. The van der Waals surface area contributed by atoms with Crippen molar-refractivity contribution >= 4 is 22.9 Å². The van der Waals surface area contributed by atoms with Crippen LogP contribution in [0.5, 0.6) is 0 Å². The first-order valence-electron chi connectivity index (χ1n) is 3.75. The largest absolute Gasteiger partial charge is 0.306 e. The molecule has 4 nitrogen and oxygen atoms in total. The summed E-state index contributed by atoms with van der Waals surface area (Å²) < 4.78 is 1.38. The topological polar surface area (TPSA) is 62.9 Å². The molecule has 0 saturated carbocycles. The van der Waals surface area contributed by atoms with Crippen molar-refractivity contribution in [2.75, 3.05) is 0 Å². The van der Waals surface area contributed by atoms with Crippen LogP contribution in [0.4, 0.5) is 0 Å². The number of hydrogen-bond donors (Lipinski definition) is 1. The zero-order valence-electron chi connectivity index (χ0n) is 7.40. The fraction of sp³-hybridized carbons (Fsp3) is 0.375. The first-order chi connectivity index (χ1) is 6.04. The van der Waals surface area contributed by atoms with Crippen LogP contribution in [-0.4, -0.2) is 16.1 Å². The van der Waals surface area contributed by atoms with Crippen molar-refractivity contribution in [3.8, 4) is 0 Å². The number of ketones is 2. The number of nitrogens with one attached hydrogen (secondary N) is 1. The zero-order chi connectivity index (χ0) is 10.0. The van der Waals surface area contributed by atoms with Gasteiger partial charge in [0.1, 0.15) is 0 Å². The Kier molecular flexibility index (Phi) is 2.77. The summed E-state index contributed by atoms with van der Waals surface area (Å²) in [5.41, 5.74) is 0. The van der Waals surface area contributed by atoms with Gasteiger partial charge in [-0.2, -0.15) is 0 Å². The molecule has 0 saturated heterocycles. The number of thiazole rings is 1. The van der Waals surface area contributed by atoms with Gasteiger partial charge >= 0.3 is 0 Å². The second-order valence-corrected chi connectivity index (χ2v) is 3.63. The average Bonchev–Trinajstić information content (AvgIpc) is 2.35. The second-order valence-electron chi connectivity index (χ2n) is 2.74. The maximum Gasteiger partial charge on any atom is 0.182 e. The number of carbonyl (C=O) groups is 2. The molecule has 0 aliphatic rings. The highest BCUT2D eigenvalue weighted by Gasteiger charge is 2.21. The number of nitrogens with zero attached hydrogens (tertiary/aromatic N) is 1. The van der Waals surface area contributed by atoms with Crippen molar-refractivity contribution < 1.29 is 9.59 Å². The van der Waals surface area contributed by atoms with Crippen LogP contribution >= 0.6 is 11.3 Å². The molecule has 0 radical (unpaired) electrons. The Morgan fingerprint density at radius 1 is 1.46 bits per heavy atom. The van der Waals surface area contributed by atoms with Crippen molar-refractivity contribution in [3.63, 3.8) is 0 Å². The van der Waals surface area contributed by atoms with Gasteiger partial charge < -0.3 is 4.57 Å². The van der Waals surface area contributed by atoms with Crippen LogP contribution < -0.4 is 4.80 Å². The molecule has 1 aromatic heterocycles. The molecule has 70 valence electrons. The SMILES string of the molecule is CC(=O)C(C(C)=O)n1ccsc1=N. The Morgan fingerprint density at radius 3 is 2.31 bits per heavy atom. The molecule has 0 aliphatic carbocycles. The minimum absolute atomic E-state index is 0.218. The van der Waals surface area contributed by atoms with Crippen molar-refractivity contribution in [3.05, 3.63) is 16.4 Å². The van der Waals surface area contributed by atoms with Gasteiger partial charge in [0.15, 0.2) is 22.4 Å². The lowest BCUT2D eigenvalue weighted by Crippen LogP contribution is -2.29. The lowest BCUT2D eigenvalue weighted by Gasteiger charge is -2.10. The standard InChI is InChI=1S/C8H10N2O2S/c1-5(11)7(6(2)12)10-3-4-13-8(10)9/h3-4,7,9H,1-2H3. The molecular weight excluding hydrogens is 188 g/mol. The summed E-state index contributed by atoms with van der Waals surface area (Å²) >= 11 is 1.19. The Labute approximate surface area is 79.3 Å². The van der Waals surface area contributed by atoms with Gasteiger partial charge in [0, 0.05) is 11.6 Å². The summed E-state index contributed by atoms with van der Waals surface area (Å²) in [5, 5.41) is 9.13. The van der Waals surface area contributed by atoms with E-state index in [4.69, 9.17) is 5.41 Å². The van der Waals surface area contributed by atoms with Gasteiger partial charge in [-0.05, 0) is 13.8 Å². The van der Waals surface area contributed by atoms with Crippen molar-refractivity contribution in [2.24, 2.45) is 0 Å². The highest BCUT2D eigenvalue weighted by atomic mass is 32.1. The van der Waals surface area contributed by atoms with E-state index in [9.17, 15) is 9.59 Å². The van der Waals surface area contributed by atoms with E-state index in [1.54, 1.807) is 11.6 Å². The fourth-order valence-corrected chi connectivity index (χ4v) is 1.78. The molecule has 0 aliphatic heterocycles. The van der Waals surface area contributed by atoms with Gasteiger partial charge in [0.2, 0.25) is 0 Å². The smallest absolute Gasteiger partial charge is 0.182 e. The predicted octanol–water partition coefficient (Wildman–Crippen LogP) is 0.748. The van der Waals surface area contributed by atoms with E-state index in [2.05, 4.69) is 0 Å². The molecule has 1 aromatic rings. The maximum absolute atomic E-state index is 11.1. The average molecular weight is 198 g/mol. The van der Waals surface area contributed by atoms with Crippen LogP contribution in [0.25, 0.3) is 0 Å². The first-order valence-corrected chi connectivity index (χ1v) is 4.63. The summed E-state index contributed by atoms with van der Waals surface area (Å²) in [6.45, 7) is 2.71. The second kappa shape index (κ2) is 3.66. The Balaban J connectivity index is 3.17. The van der Waals surface area contributed by atoms with E-state index in [-0.39, 0.29) is 16.4 Å². The van der Waals surface area contributed by atoms with Gasteiger partial charge in [-0.25, -0.2) is 0 Å². The van der Waals surface area contributed by atoms with E-state index in [0.29, 0.717) is 0 Å². The van der Waals surface area contributed by atoms with Crippen molar-refractivity contribution in [2.45, 2.75) is 19.9 Å². The van der Waals surface area contributed by atoms with E-state index in [1.807, 2.05) is 0 Å². The van der Waals surface area contributed by atoms with E-state index in [1.165, 1.54) is 29.8 Å². The van der Waals surface area contributed by atoms with E-state index in [0.717, 1.165) is 0 Å². The molecule has 5 heteroatoms. The lowest BCUT2D eigenvalue weighted by molar-refractivity contribution is -0.129. The van der Waals surface area contributed by atoms with Crippen LogP contribution in [0.1, 0.15) is 19.9 Å². The molecule has 1 rings (SSSR count). The van der Waals surface area contributed by atoms with Gasteiger partial charge in [-0.15, -0.1) is 11.3 Å². The molecule has 0 unspecified atom stereocenters. The Bertz CT molecular complexity index is 377. The molecule has 1 N–H and O–H groups in total. The normalized spacial score (nSPS) is 10.4. The highest BCUT2D eigenvalue weighted by Crippen LogP contribution is 2.07. The third-order valence-corrected chi connectivity index (χ3v) is 2.38. The first kappa shape index (κ1) is 9.85.